The molecule has 0 saturated carbocycles. The molecule has 1 aliphatic heterocycles. The summed E-state index contributed by atoms with van der Waals surface area (Å²) in [5, 5.41) is 0. The third-order valence-electron chi connectivity index (χ3n) is 3.19. The predicted octanol–water partition coefficient (Wildman–Crippen LogP) is 4.15. The first kappa shape index (κ1) is 15.5. The van der Waals surface area contributed by atoms with Gasteiger partial charge in [-0.1, -0.05) is 12.1 Å². The van der Waals surface area contributed by atoms with Crippen molar-refractivity contribution >= 4 is 33.4 Å². The highest BCUT2D eigenvalue weighted by Crippen LogP contribution is 2.37. The first-order valence-electron chi connectivity index (χ1n) is 6.31. The molecule has 1 heterocycles. The molecule has 23 heavy (non-hydrogen) atoms. The second-order valence-corrected chi connectivity index (χ2v) is 5.51. The van der Waals surface area contributed by atoms with Crippen molar-refractivity contribution in [2.24, 2.45) is 0 Å². The highest BCUT2D eigenvalue weighted by molar-refractivity contribution is 9.10. The zero-order valence-electron chi connectivity index (χ0n) is 11.2. The monoisotopic (exact) mass is 385 g/mol. The molecular formula is C15H7BrF3NO3. The summed E-state index contributed by atoms with van der Waals surface area (Å²) in [6.45, 7) is 0. The third-order valence-corrected chi connectivity index (χ3v) is 3.86. The van der Waals surface area contributed by atoms with Crippen LogP contribution in [0.1, 0.15) is 20.7 Å². The lowest BCUT2D eigenvalue weighted by molar-refractivity contribution is -0.274. The summed E-state index contributed by atoms with van der Waals surface area (Å²) in [6, 6.07) is 9.52. The Morgan fingerprint density at radius 1 is 0.957 bits per heavy atom. The van der Waals surface area contributed by atoms with Crippen LogP contribution in [0.4, 0.5) is 18.9 Å². The van der Waals surface area contributed by atoms with Crippen molar-refractivity contribution in [3.63, 3.8) is 0 Å². The molecule has 0 unspecified atom stereocenters. The molecular weight excluding hydrogens is 379 g/mol. The topological polar surface area (TPSA) is 46.6 Å². The smallest absolute Gasteiger partial charge is 0.406 e. The number of anilines is 1. The third kappa shape index (κ3) is 2.81. The van der Waals surface area contributed by atoms with Gasteiger partial charge in [-0.25, -0.2) is 4.90 Å². The second kappa shape index (κ2) is 5.38. The molecule has 4 nitrogen and oxygen atoms in total. The van der Waals surface area contributed by atoms with Gasteiger partial charge < -0.3 is 4.74 Å². The number of rotatable bonds is 2. The maximum Gasteiger partial charge on any atom is 0.573 e. The van der Waals surface area contributed by atoms with Gasteiger partial charge in [0.1, 0.15) is 5.75 Å². The standard InChI is InChI=1S/C15H7BrF3NO3/c16-11-6-5-8(23-15(17,18)19)7-12(11)20-13(21)9-3-1-2-4-10(9)14(20)22/h1-7H. The first-order chi connectivity index (χ1) is 10.8. The Kier molecular flexibility index (Phi) is 3.63. The molecule has 0 aromatic heterocycles. The van der Waals surface area contributed by atoms with Crippen LogP contribution in [0.5, 0.6) is 5.75 Å². The summed E-state index contributed by atoms with van der Waals surface area (Å²) in [5.41, 5.74) is 0.385. The van der Waals surface area contributed by atoms with Crippen molar-refractivity contribution < 1.29 is 27.5 Å². The quantitative estimate of drug-likeness (QED) is 0.729. The van der Waals surface area contributed by atoms with Gasteiger partial charge in [-0.2, -0.15) is 0 Å². The fourth-order valence-corrected chi connectivity index (χ4v) is 2.69. The van der Waals surface area contributed by atoms with E-state index in [-0.39, 0.29) is 16.8 Å². The Morgan fingerprint density at radius 2 is 1.52 bits per heavy atom. The van der Waals surface area contributed by atoms with Gasteiger partial charge in [0.15, 0.2) is 0 Å². The number of carbonyl (C=O) groups is 2. The number of fused-ring (bicyclic) bond motifs is 1. The van der Waals surface area contributed by atoms with Crippen molar-refractivity contribution in [3.8, 4) is 5.75 Å². The number of amides is 2. The molecule has 0 radical (unpaired) electrons. The molecule has 0 aliphatic carbocycles. The van der Waals surface area contributed by atoms with E-state index in [9.17, 15) is 22.8 Å². The fourth-order valence-electron chi connectivity index (χ4n) is 2.27. The highest BCUT2D eigenvalue weighted by Gasteiger charge is 2.38. The van der Waals surface area contributed by atoms with Crippen LogP contribution in [0.25, 0.3) is 0 Å². The number of alkyl halides is 3. The molecule has 3 rings (SSSR count). The number of hydrogen-bond donors (Lipinski definition) is 0. The highest BCUT2D eigenvalue weighted by atomic mass is 79.9. The summed E-state index contributed by atoms with van der Waals surface area (Å²) in [7, 11) is 0. The van der Waals surface area contributed by atoms with Crippen LogP contribution in [0.15, 0.2) is 46.9 Å². The summed E-state index contributed by atoms with van der Waals surface area (Å²) in [4.78, 5) is 25.6. The van der Waals surface area contributed by atoms with E-state index in [0.29, 0.717) is 4.47 Å². The average molecular weight is 386 g/mol. The number of benzene rings is 2. The van der Waals surface area contributed by atoms with Crippen LogP contribution in [0.3, 0.4) is 0 Å². The summed E-state index contributed by atoms with van der Waals surface area (Å²) in [5.74, 6) is -1.72. The van der Waals surface area contributed by atoms with Crippen LogP contribution in [-0.2, 0) is 0 Å². The van der Waals surface area contributed by atoms with E-state index in [1.807, 2.05) is 0 Å². The number of nitrogens with zero attached hydrogens (tertiary/aromatic N) is 1. The molecule has 2 aromatic carbocycles. The molecule has 0 N–H and O–H groups in total. The van der Waals surface area contributed by atoms with Crippen molar-refractivity contribution in [2.45, 2.75) is 6.36 Å². The molecule has 0 spiro atoms. The van der Waals surface area contributed by atoms with Crippen molar-refractivity contribution in [2.75, 3.05) is 4.90 Å². The molecule has 0 fully saturated rings. The Balaban J connectivity index is 2.04. The minimum atomic E-state index is -4.87. The normalized spacial score (nSPS) is 14.2. The van der Waals surface area contributed by atoms with E-state index < -0.39 is 23.9 Å². The van der Waals surface area contributed by atoms with Gasteiger partial charge in [-0.3, -0.25) is 9.59 Å². The van der Waals surface area contributed by atoms with Gasteiger partial charge in [0.25, 0.3) is 11.8 Å². The van der Waals surface area contributed by atoms with E-state index >= 15 is 0 Å². The molecule has 1 aliphatic rings. The molecule has 0 atom stereocenters. The van der Waals surface area contributed by atoms with E-state index in [1.54, 1.807) is 12.1 Å². The SMILES string of the molecule is O=C1c2ccccc2C(=O)N1c1cc(OC(F)(F)F)ccc1Br. The van der Waals surface area contributed by atoms with Crippen LogP contribution < -0.4 is 9.64 Å². The number of halogens is 4. The van der Waals surface area contributed by atoms with Gasteiger partial charge in [0.2, 0.25) is 0 Å². The number of ether oxygens (including phenoxy) is 1. The minimum Gasteiger partial charge on any atom is -0.406 e. The molecule has 0 bridgehead atoms. The minimum absolute atomic E-state index is 0.0158. The maximum absolute atomic E-state index is 12.4. The van der Waals surface area contributed by atoms with Gasteiger partial charge in [-0.15, -0.1) is 13.2 Å². The summed E-state index contributed by atoms with van der Waals surface area (Å²) < 4.78 is 41.1. The Bertz CT molecular complexity index is 785. The lowest BCUT2D eigenvalue weighted by Crippen LogP contribution is -2.29. The molecule has 0 saturated heterocycles. The maximum atomic E-state index is 12.4. The number of imide groups is 1. The van der Waals surface area contributed by atoms with Crippen LogP contribution in [0, 0.1) is 0 Å². The predicted molar refractivity (Wildman–Crippen MR) is 78.4 cm³/mol. The Hall–Kier alpha value is -2.35. The van der Waals surface area contributed by atoms with Crippen molar-refractivity contribution in [1.82, 2.24) is 0 Å². The van der Waals surface area contributed by atoms with Gasteiger partial charge in [-0.05, 0) is 40.2 Å². The van der Waals surface area contributed by atoms with E-state index in [4.69, 9.17) is 0 Å². The van der Waals surface area contributed by atoms with Gasteiger partial charge in [0.05, 0.1) is 16.8 Å². The molecule has 8 heteroatoms. The van der Waals surface area contributed by atoms with Crippen LogP contribution in [-0.4, -0.2) is 18.2 Å². The van der Waals surface area contributed by atoms with E-state index in [0.717, 1.165) is 17.0 Å². The van der Waals surface area contributed by atoms with E-state index in [1.165, 1.54) is 18.2 Å². The number of carbonyl (C=O) groups excluding carboxylic acids is 2. The Labute approximate surface area is 136 Å². The summed E-state index contributed by atoms with van der Waals surface area (Å²) >= 11 is 3.14. The zero-order chi connectivity index (χ0) is 16.8. The van der Waals surface area contributed by atoms with E-state index in [2.05, 4.69) is 20.7 Å². The summed E-state index contributed by atoms with van der Waals surface area (Å²) in [6.07, 6.45) is -4.87. The van der Waals surface area contributed by atoms with Crippen LogP contribution in [0.2, 0.25) is 0 Å². The van der Waals surface area contributed by atoms with Crippen molar-refractivity contribution in [3.05, 3.63) is 58.1 Å². The Morgan fingerprint density at radius 3 is 2.04 bits per heavy atom. The lowest BCUT2D eigenvalue weighted by atomic mass is 10.1. The van der Waals surface area contributed by atoms with Crippen LogP contribution >= 0.6 is 15.9 Å². The molecule has 2 aromatic rings. The second-order valence-electron chi connectivity index (χ2n) is 4.65. The van der Waals surface area contributed by atoms with Gasteiger partial charge >= 0.3 is 6.36 Å². The zero-order valence-corrected chi connectivity index (χ0v) is 12.8. The first-order valence-corrected chi connectivity index (χ1v) is 7.10. The largest absolute Gasteiger partial charge is 0.573 e. The molecule has 118 valence electrons. The molecule has 2 amide bonds. The fraction of sp³-hybridized carbons (Fsp3) is 0.0667. The van der Waals surface area contributed by atoms with Gasteiger partial charge in [0, 0.05) is 10.5 Å². The average Bonchev–Trinajstić information content (AvgIpc) is 2.72. The number of hydrogen-bond acceptors (Lipinski definition) is 3. The lowest BCUT2D eigenvalue weighted by Gasteiger charge is -2.17. The van der Waals surface area contributed by atoms with Crippen molar-refractivity contribution in [1.29, 1.82) is 0 Å².